The molecule has 0 atom stereocenters. The topological polar surface area (TPSA) is 175 Å². The highest BCUT2D eigenvalue weighted by Gasteiger charge is 2.40. The second kappa shape index (κ2) is 13.7. The van der Waals surface area contributed by atoms with Crippen LogP contribution in [0.5, 0.6) is 5.75 Å². The van der Waals surface area contributed by atoms with E-state index < -0.39 is 36.4 Å². The van der Waals surface area contributed by atoms with E-state index in [9.17, 15) is 14.4 Å². The van der Waals surface area contributed by atoms with E-state index >= 15 is 0 Å². The lowest BCUT2D eigenvalue weighted by Gasteiger charge is -2.22. The molecule has 0 fully saturated rings. The van der Waals surface area contributed by atoms with E-state index in [0.717, 1.165) is 31.1 Å². The number of hydrogen-bond acceptors (Lipinski definition) is 8. The Morgan fingerprint density at radius 1 is 0.973 bits per heavy atom. The minimum absolute atomic E-state index is 0.790. The molecule has 0 radical (unpaired) electrons. The van der Waals surface area contributed by atoms with E-state index in [1.54, 1.807) is 7.11 Å². The number of aromatic nitrogens is 3. The van der Waals surface area contributed by atoms with Crippen LogP contribution in [0.25, 0.3) is 0 Å². The fraction of sp³-hybridized carbons (Fsp3) is 0.320. The molecule has 12 heteroatoms. The van der Waals surface area contributed by atoms with Gasteiger partial charge in [0.25, 0.3) is 0 Å². The number of methoxy groups -OCH3 is 1. The van der Waals surface area contributed by atoms with Gasteiger partial charge in [0.2, 0.25) is 0 Å². The number of nitrogens with zero attached hydrogens (tertiary/aromatic N) is 4. The lowest BCUT2D eigenvalue weighted by atomic mass is 9.96. The normalized spacial score (nSPS) is 10.9. The van der Waals surface area contributed by atoms with Gasteiger partial charge in [-0.3, -0.25) is 19.5 Å². The molecule has 12 nitrogen and oxygen atoms in total. The Morgan fingerprint density at radius 3 is 2.08 bits per heavy atom. The number of carboxylic acids is 3. The zero-order chi connectivity index (χ0) is 27.4. The molecule has 198 valence electrons. The van der Waals surface area contributed by atoms with E-state index in [1.807, 2.05) is 50.0 Å². The molecule has 3 rings (SSSR count). The molecule has 0 aliphatic rings. The second-order valence-corrected chi connectivity index (χ2v) is 8.29. The van der Waals surface area contributed by atoms with Crippen molar-refractivity contribution in [3.8, 4) is 5.75 Å². The van der Waals surface area contributed by atoms with Gasteiger partial charge < -0.3 is 29.7 Å². The van der Waals surface area contributed by atoms with Crippen molar-refractivity contribution in [3.63, 3.8) is 0 Å². The first-order valence-electron chi connectivity index (χ1n) is 11.1. The van der Waals surface area contributed by atoms with Gasteiger partial charge in [-0.05, 0) is 29.8 Å². The van der Waals surface area contributed by atoms with E-state index in [0.29, 0.717) is 0 Å². The monoisotopic (exact) mass is 514 g/mol. The first-order valence-corrected chi connectivity index (χ1v) is 11.1. The summed E-state index contributed by atoms with van der Waals surface area (Å²) in [6.07, 6.45) is 3.30. The summed E-state index contributed by atoms with van der Waals surface area (Å²) in [7, 11) is 3.71. The van der Waals surface area contributed by atoms with Crippen molar-refractivity contribution < 1.29 is 39.5 Å². The number of carbonyl (C=O) groups is 3. The Balaban J connectivity index is 0.000000317. The minimum Gasteiger partial charge on any atom is -0.497 e. The predicted octanol–water partition coefficient (Wildman–Crippen LogP) is 1.78. The summed E-state index contributed by atoms with van der Waals surface area (Å²) in [5.74, 6) is -4.14. The molecule has 0 aliphatic heterocycles. The predicted molar refractivity (Wildman–Crippen MR) is 130 cm³/mol. The molecule has 2 heterocycles. The van der Waals surface area contributed by atoms with Crippen LogP contribution in [0.3, 0.4) is 0 Å². The van der Waals surface area contributed by atoms with Gasteiger partial charge in [0.05, 0.1) is 37.7 Å². The van der Waals surface area contributed by atoms with Gasteiger partial charge in [-0.25, -0.2) is 9.78 Å². The van der Waals surface area contributed by atoms with E-state index in [2.05, 4.69) is 37.6 Å². The Hall–Kier alpha value is -4.29. The van der Waals surface area contributed by atoms with Crippen LogP contribution in [-0.2, 0) is 41.1 Å². The van der Waals surface area contributed by atoms with Gasteiger partial charge in [0.15, 0.2) is 5.60 Å². The Kier molecular flexibility index (Phi) is 10.7. The molecule has 0 saturated carbocycles. The van der Waals surface area contributed by atoms with Crippen LogP contribution < -0.4 is 4.74 Å². The number of hydrogen-bond donors (Lipinski definition) is 4. The van der Waals surface area contributed by atoms with Gasteiger partial charge in [-0.2, -0.15) is 0 Å². The molecule has 0 aliphatic carbocycles. The van der Waals surface area contributed by atoms with E-state index in [4.69, 9.17) is 25.2 Å². The van der Waals surface area contributed by atoms with Crippen molar-refractivity contribution in [1.29, 1.82) is 0 Å². The van der Waals surface area contributed by atoms with Crippen LogP contribution in [0.2, 0.25) is 0 Å². The third-order valence-corrected chi connectivity index (χ3v) is 5.26. The zero-order valence-corrected chi connectivity index (χ0v) is 20.5. The maximum atomic E-state index is 10.3. The van der Waals surface area contributed by atoms with Crippen LogP contribution in [0.15, 0.2) is 61.2 Å². The van der Waals surface area contributed by atoms with E-state index in [1.165, 1.54) is 11.3 Å². The van der Waals surface area contributed by atoms with E-state index in [-0.39, 0.29) is 0 Å². The quantitative estimate of drug-likeness (QED) is 0.277. The number of carboxylic acid groups (broad SMARTS) is 3. The standard InChI is InChI=1S/C19H22N4O.C6H8O7/c1-22-15-20-11-18(22)14-23(13-17-5-3-4-10-21-17)12-16-6-8-19(24-2)9-7-16;7-3(8)1-6(13,5(11)12)2-4(9)10/h3-11,15H,12-14H2,1-2H3;13H,1-2H2,(H,7,8)(H,9,10)(H,11,12). The highest BCUT2D eigenvalue weighted by molar-refractivity contribution is 5.88. The molecule has 2 aromatic heterocycles. The van der Waals surface area contributed by atoms with Crippen molar-refractivity contribution in [3.05, 3.63) is 78.1 Å². The second-order valence-electron chi connectivity index (χ2n) is 8.29. The molecule has 0 amide bonds. The highest BCUT2D eigenvalue weighted by Crippen LogP contribution is 2.17. The van der Waals surface area contributed by atoms with Gasteiger partial charge >= 0.3 is 17.9 Å². The lowest BCUT2D eigenvalue weighted by Crippen LogP contribution is -2.42. The third-order valence-electron chi connectivity index (χ3n) is 5.26. The number of aliphatic hydroxyl groups is 1. The number of ether oxygens (including phenoxy) is 1. The van der Waals surface area contributed by atoms with Gasteiger partial charge in [0.1, 0.15) is 5.75 Å². The minimum atomic E-state index is -2.74. The Bertz CT molecular complexity index is 1150. The largest absolute Gasteiger partial charge is 0.497 e. The summed E-state index contributed by atoms with van der Waals surface area (Å²) in [4.78, 5) is 41.5. The first-order chi connectivity index (χ1) is 17.5. The molecule has 0 bridgehead atoms. The lowest BCUT2D eigenvalue weighted by molar-refractivity contribution is -0.170. The van der Waals surface area contributed by atoms with Gasteiger partial charge in [-0.1, -0.05) is 18.2 Å². The van der Waals surface area contributed by atoms with Crippen molar-refractivity contribution >= 4 is 17.9 Å². The van der Waals surface area contributed by atoms with Crippen molar-refractivity contribution in [2.75, 3.05) is 7.11 Å². The first kappa shape index (κ1) is 28.9. The molecule has 0 spiro atoms. The highest BCUT2D eigenvalue weighted by atomic mass is 16.5. The molecular formula is C25H30N4O8. The van der Waals surface area contributed by atoms with Crippen LogP contribution in [0.1, 0.15) is 29.8 Å². The van der Waals surface area contributed by atoms with Crippen LogP contribution in [0, 0.1) is 0 Å². The van der Waals surface area contributed by atoms with Crippen molar-refractivity contribution in [1.82, 2.24) is 19.4 Å². The summed E-state index contributed by atoms with van der Waals surface area (Å²) in [6.45, 7) is 2.45. The maximum absolute atomic E-state index is 10.3. The number of aliphatic carboxylic acids is 3. The Labute approximate surface area is 213 Å². The third kappa shape index (κ3) is 9.70. The zero-order valence-electron chi connectivity index (χ0n) is 20.5. The summed E-state index contributed by atoms with van der Waals surface area (Å²) in [5.41, 5.74) is 0.749. The van der Waals surface area contributed by atoms with Crippen molar-refractivity contribution in [2.45, 2.75) is 38.1 Å². The molecule has 4 N–H and O–H groups in total. The van der Waals surface area contributed by atoms with Crippen LogP contribution in [-0.4, -0.2) is 70.5 Å². The van der Waals surface area contributed by atoms with Gasteiger partial charge in [-0.15, -0.1) is 0 Å². The Morgan fingerprint density at radius 2 is 1.62 bits per heavy atom. The molecule has 3 aromatic rings. The molecule has 0 saturated heterocycles. The maximum Gasteiger partial charge on any atom is 0.336 e. The SMILES string of the molecule is COc1ccc(CN(Cc2ccccn2)Cc2cncn2C)cc1.O=C(O)CC(O)(CC(=O)O)C(=O)O. The summed E-state index contributed by atoms with van der Waals surface area (Å²) in [6, 6.07) is 14.2. The average molecular weight is 515 g/mol. The number of aryl methyl sites for hydroxylation is 1. The molecule has 1 aromatic carbocycles. The van der Waals surface area contributed by atoms with Gasteiger partial charge in [0, 0.05) is 39.1 Å². The summed E-state index contributed by atoms with van der Waals surface area (Å²) in [5, 5.41) is 33.8. The fourth-order valence-corrected chi connectivity index (χ4v) is 3.36. The number of imidazole rings is 1. The number of benzene rings is 1. The van der Waals surface area contributed by atoms with Crippen LogP contribution >= 0.6 is 0 Å². The average Bonchev–Trinajstić information content (AvgIpc) is 3.23. The number of rotatable bonds is 12. The fourth-order valence-electron chi connectivity index (χ4n) is 3.36. The number of pyridine rings is 1. The molecule has 37 heavy (non-hydrogen) atoms. The summed E-state index contributed by atoms with van der Waals surface area (Å²) >= 11 is 0. The molecular weight excluding hydrogens is 484 g/mol. The van der Waals surface area contributed by atoms with Crippen molar-refractivity contribution in [2.24, 2.45) is 7.05 Å². The molecule has 0 unspecified atom stereocenters. The smallest absolute Gasteiger partial charge is 0.336 e. The summed E-state index contributed by atoms with van der Waals surface area (Å²) < 4.78 is 7.29. The van der Waals surface area contributed by atoms with Crippen LogP contribution in [0.4, 0.5) is 0 Å².